The molecule has 2 saturated heterocycles. The van der Waals surface area contributed by atoms with Crippen molar-refractivity contribution in [3.8, 4) is 0 Å². The Bertz CT molecular complexity index is 624. The van der Waals surface area contributed by atoms with E-state index < -0.39 is 15.6 Å². The van der Waals surface area contributed by atoms with Crippen LogP contribution in [0.5, 0.6) is 0 Å². The molecule has 1 atom stereocenters. The van der Waals surface area contributed by atoms with Gasteiger partial charge in [0.1, 0.15) is 12.2 Å². The molecule has 2 aliphatic heterocycles. The van der Waals surface area contributed by atoms with Crippen LogP contribution in [-0.4, -0.2) is 87.0 Å². The normalized spacial score (nSPS) is 22.1. The van der Waals surface area contributed by atoms with Gasteiger partial charge in [0, 0.05) is 19.1 Å². The Morgan fingerprint density at radius 1 is 1.15 bits per heavy atom. The Balaban J connectivity index is 1.69. The molecule has 2 rings (SSSR count). The maximum atomic E-state index is 12.3. The Morgan fingerprint density at radius 3 is 2.38 bits per heavy atom. The zero-order valence-corrected chi connectivity index (χ0v) is 16.7. The highest BCUT2D eigenvalue weighted by Gasteiger charge is 2.35. The maximum absolute atomic E-state index is 12.3. The Morgan fingerprint density at radius 2 is 1.81 bits per heavy atom. The summed E-state index contributed by atoms with van der Waals surface area (Å²) in [6.07, 6.45) is 2.01. The van der Waals surface area contributed by atoms with Gasteiger partial charge in [0.2, 0.25) is 15.9 Å². The fourth-order valence-corrected chi connectivity index (χ4v) is 3.70. The molecule has 150 valence electrons. The minimum absolute atomic E-state index is 0.0710. The molecule has 2 amide bonds. The van der Waals surface area contributed by atoms with Gasteiger partial charge < -0.3 is 19.3 Å². The second kappa shape index (κ2) is 8.10. The fraction of sp³-hybridized carbons (Fsp3) is 0.875. The van der Waals surface area contributed by atoms with Gasteiger partial charge in [-0.15, -0.1) is 0 Å². The number of sulfonamides is 1. The highest BCUT2D eigenvalue weighted by atomic mass is 32.2. The van der Waals surface area contributed by atoms with Crippen molar-refractivity contribution in [3.05, 3.63) is 0 Å². The van der Waals surface area contributed by atoms with E-state index >= 15 is 0 Å². The lowest BCUT2D eigenvalue weighted by atomic mass is 10.1. The summed E-state index contributed by atoms with van der Waals surface area (Å²) in [4.78, 5) is 27.3. The lowest BCUT2D eigenvalue weighted by Gasteiger charge is -2.39. The van der Waals surface area contributed by atoms with Crippen LogP contribution in [-0.2, 0) is 24.3 Å². The highest BCUT2D eigenvalue weighted by molar-refractivity contribution is 7.88. The fourth-order valence-electron chi connectivity index (χ4n) is 2.90. The van der Waals surface area contributed by atoms with E-state index in [1.807, 2.05) is 20.8 Å². The average molecular weight is 391 g/mol. The summed E-state index contributed by atoms with van der Waals surface area (Å²) in [6, 6.07) is -0.255. The second-order valence-corrected chi connectivity index (χ2v) is 9.67. The van der Waals surface area contributed by atoms with Gasteiger partial charge in [0.05, 0.1) is 25.4 Å². The molecule has 0 unspecified atom stereocenters. The van der Waals surface area contributed by atoms with Crippen molar-refractivity contribution in [1.29, 1.82) is 0 Å². The molecule has 0 aliphatic carbocycles. The predicted octanol–water partition coefficient (Wildman–Crippen LogP) is 0.163. The van der Waals surface area contributed by atoms with Gasteiger partial charge in [-0.1, -0.05) is 0 Å². The number of hydrogen-bond donors (Lipinski definition) is 1. The molecular formula is C16H29N3O6S. The molecule has 0 aromatic carbocycles. The molecule has 2 heterocycles. The summed E-state index contributed by atoms with van der Waals surface area (Å²) in [5.74, 6) is -0.166. The smallest absolute Gasteiger partial charge is 0.410 e. The number of piperidine rings is 1. The van der Waals surface area contributed by atoms with Gasteiger partial charge in [-0.2, -0.15) is 0 Å². The molecule has 1 N–H and O–H groups in total. The van der Waals surface area contributed by atoms with E-state index in [1.165, 1.54) is 4.90 Å². The van der Waals surface area contributed by atoms with Crippen LogP contribution in [0, 0.1) is 0 Å². The standard InChI is InChI=1S/C16H29N3O6S/c1-16(2,3)25-15(21)19-9-13(10-19)24-11-14(20)18-7-5-6-12(8-18)17-26(4,22)23/h12-13,17H,5-11H2,1-4H3/t12-/m0/s1. The van der Waals surface area contributed by atoms with Gasteiger partial charge in [0.25, 0.3) is 0 Å². The van der Waals surface area contributed by atoms with Gasteiger partial charge in [-0.3, -0.25) is 4.79 Å². The molecule has 0 radical (unpaired) electrons. The Labute approximate surface area is 155 Å². The summed E-state index contributed by atoms with van der Waals surface area (Å²) in [5.41, 5.74) is -0.538. The van der Waals surface area contributed by atoms with Crippen LogP contribution in [0.3, 0.4) is 0 Å². The number of carbonyl (C=O) groups excluding carboxylic acids is 2. The van der Waals surface area contributed by atoms with Crippen molar-refractivity contribution in [2.75, 3.05) is 39.0 Å². The average Bonchev–Trinajstić information content (AvgIpc) is 2.41. The predicted molar refractivity (Wildman–Crippen MR) is 95.1 cm³/mol. The van der Waals surface area contributed by atoms with Crippen molar-refractivity contribution in [2.45, 2.75) is 51.4 Å². The highest BCUT2D eigenvalue weighted by Crippen LogP contribution is 2.17. The van der Waals surface area contributed by atoms with Crippen LogP contribution in [0.1, 0.15) is 33.6 Å². The molecular weight excluding hydrogens is 362 g/mol. The van der Waals surface area contributed by atoms with Gasteiger partial charge >= 0.3 is 6.09 Å². The lowest BCUT2D eigenvalue weighted by Crippen LogP contribution is -2.57. The van der Waals surface area contributed by atoms with Crippen LogP contribution < -0.4 is 4.72 Å². The van der Waals surface area contributed by atoms with Gasteiger partial charge in [-0.05, 0) is 33.6 Å². The summed E-state index contributed by atoms with van der Waals surface area (Å²) >= 11 is 0. The van der Waals surface area contributed by atoms with Crippen molar-refractivity contribution >= 4 is 22.0 Å². The number of amides is 2. The first-order valence-corrected chi connectivity index (χ1v) is 10.7. The summed E-state index contributed by atoms with van der Waals surface area (Å²) < 4.78 is 36.0. The third kappa shape index (κ3) is 6.73. The quantitative estimate of drug-likeness (QED) is 0.716. The van der Waals surface area contributed by atoms with Crippen LogP contribution in [0.15, 0.2) is 0 Å². The van der Waals surface area contributed by atoms with E-state index in [0.717, 1.165) is 12.7 Å². The van der Waals surface area contributed by atoms with Gasteiger partial charge in [-0.25, -0.2) is 17.9 Å². The minimum atomic E-state index is -3.29. The Kier molecular flexibility index (Phi) is 6.51. The topological polar surface area (TPSA) is 105 Å². The molecule has 0 aromatic heterocycles. The monoisotopic (exact) mass is 391 g/mol. The van der Waals surface area contributed by atoms with Crippen LogP contribution in [0.25, 0.3) is 0 Å². The number of hydrogen-bond acceptors (Lipinski definition) is 6. The van der Waals surface area contributed by atoms with E-state index in [4.69, 9.17) is 9.47 Å². The van der Waals surface area contributed by atoms with E-state index in [2.05, 4.69) is 4.72 Å². The maximum Gasteiger partial charge on any atom is 0.410 e. The molecule has 2 fully saturated rings. The third-order valence-electron chi connectivity index (χ3n) is 4.10. The number of likely N-dealkylation sites (tertiary alicyclic amines) is 2. The van der Waals surface area contributed by atoms with E-state index in [9.17, 15) is 18.0 Å². The summed E-state index contributed by atoms with van der Waals surface area (Å²) in [6.45, 7) is 7.10. The van der Waals surface area contributed by atoms with Crippen LogP contribution in [0.4, 0.5) is 4.79 Å². The number of carbonyl (C=O) groups is 2. The van der Waals surface area contributed by atoms with Crippen molar-refractivity contribution in [2.24, 2.45) is 0 Å². The van der Waals surface area contributed by atoms with Gasteiger partial charge in [0.15, 0.2) is 0 Å². The van der Waals surface area contributed by atoms with Crippen molar-refractivity contribution in [1.82, 2.24) is 14.5 Å². The first-order chi connectivity index (χ1) is 11.9. The largest absolute Gasteiger partial charge is 0.444 e. The molecule has 26 heavy (non-hydrogen) atoms. The van der Waals surface area contributed by atoms with Crippen LogP contribution in [0.2, 0.25) is 0 Å². The molecule has 0 aromatic rings. The first-order valence-electron chi connectivity index (χ1n) is 8.77. The molecule has 0 bridgehead atoms. The minimum Gasteiger partial charge on any atom is -0.444 e. The zero-order valence-electron chi connectivity index (χ0n) is 15.9. The number of nitrogens with one attached hydrogen (secondary N) is 1. The SMILES string of the molecule is CC(C)(C)OC(=O)N1CC(OCC(=O)N2CCC[C@H](NS(C)(=O)=O)C2)C1. The Hall–Kier alpha value is -1.39. The molecule has 2 aliphatic rings. The zero-order chi connectivity index (χ0) is 19.5. The molecule has 0 saturated carbocycles. The van der Waals surface area contributed by atoms with E-state index in [-0.39, 0.29) is 30.8 Å². The van der Waals surface area contributed by atoms with Crippen molar-refractivity contribution in [3.63, 3.8) is 0 Å². The van der Waals surface area contributed by atoms with E-state index in [1.54, 1.807) is 4.90 Å². The van der Waals surface area contributed by atoms with E-state index in [0.29, 0.717) is 32.6 Å². The second-order valence-electron chi connectivity index (χ2n) is 7.89. The van der Waals surface area contributed by atoms with Crippen LogP contribution >= 0.6 is 0 Å². The number of ether oxygens (including phenoxy) is 2. The first kappa shape index (κ1) is 20.9. The number of rotatable bonds is 5. The number of nitrogens with zero attached hydrogens (tertiary/aromatic N) is 2. The molecule has 9 nitrogen and oxygen atoms in total. The summed E-state index contributed by atoms with van der Waals surface area (Å²) in [5, 5.41) is 0. The molecule has 10 heteroatoms. The lowest BCUT2D eigenvalue weighted by molar-refractivity contribution is -0.143. The summed E-state index contributed by atoms with van der Waals surface area (Å²) in [7, 11) is -3.29. The molecule has 0 spiro atoms. The van der Waals surface area contributed by atoms with Crippen molar-refractivity contribution < 1.29 is 27.5 Å². The third-order valence-corrected chi connectivity index (χ3v) is 4.86.